The van der Waals surface area contributed by atoms with Gasteiger partial charge in [-0.3, -0.25) is 4.68 Å². The maximum absolute atomic E-state index is 5.80. The fraction of sp³-hybridized carbons (Fsp3) is 0.533. The summed E-state index contributed by atoms with van der Waals surface area (Å²) in [5.74, 6) is 2.60. The summed E-state index contributed by atoms with van der Waals surface area (Å²) in [5, 5.41) is 7.51. The Bertz CT molecular complexity index is 531. The monoisotopic (exact) mass is 277 g/mol. The molecule has 0 aliphatic carbocycles. The molecule has 2 heterocycles. The third-order valence-electron chi connectivity index (χ3n) is 3.10. The molecule has 0 saturated carbocycles. The zero-order chi connectivity index (χ0) is 14.4. The molecule has 0 atom stereocenters. The summed E-state index contributed by atoms with van der Waals surface area (Å²) in [7, 11) is 0. The maximum atomic E-state index is 5.80. The van der Waals surface area contributed by atoms with Gasteiger partial charge in [0.2, 0.25) is 0 Å². The van der Waals surface area contributed by atoms with Gasteiger partial charge < -0.3 is 14.5 Å². The first kappa shape index (κ1) is 14.7. The molecule has 2 aromatic heterocycles. The van der Waals surface area contributed by atoms with Gasteiger partial charge >= 0.3 is 0 Å². The van der Waals surface area contributed by atoms with Crippen LogP contribution in [0.3, 0.4) is 0 Å². The van der Waals surface area contributed by atoms with Crippen molar-refractivity contribution in [1.82, 2.24) is 15.1 Å². The molecular formula is C15H23N3O2. The van der Waals surface area contributed by atoms with Gasteiger partial charge in [0.05, 0.1) is 18.9 Å². The molecule has 0 aliphatic rings. The largest absolute Gasteiger partial charge is 0.482 e. The van der Waals surface area contributed by atoms with Crippen molar-refractivity contribution >= 4 is 0 Å². The van der Waals surface area contributed by atoms with Crippen LogP contribution in [-0.4, -0.2) is 16.3 Å². The Hall–Kier alpha value is -1.75. The zero-order valence-electron chi connectivity index (χ0n) is 12.5. The van der Waals surface area contributed by atoms with Crippen LogP contribution in [-0.2, 0) is 19.7 Å². The van der Waals surface area contributed by atoms with Crippen LogP contribution in [0.5, 0.6) is 5.75 Å². The average Bonchev–Trinajstić information content (AvgIpc) is 3.04. The highest BCUT2D eigenvalue weighted by atomic mass is 16.5. The minimum atomic E-state index is 0.435. The van der Waals surface area contributed by atoms with Crippen molar-refractivity contribution in [1.29, 1.82) is 0 Å². The number of furan rings is 1. The summed E-state index contributed by atoms with van der Waals surface area (Å²) in [5.41, 5.74) is 1.16. The van der Waals surface area contributed by atoms with E-state index in [1.807, 2.05) is 23.9 Å². The van der Waals surface area contributed by atoms with Crippen LogP contribution < -0.4 is 10.1 Å². The highest BCUT2D eigenvalue weighted by Gasteiger charge is 2.08. The molecule has 5 heteroatoms. The molecule has 2 aromatic rings. The van der Waals surface area contributed by atoms with Crippen LogP contribution in [0.25, 0.3) is 0 Å². The van der Waals surface area contributed by atoms with Crippen LogP contribution >= 0.6 is 0 Å². The molecule has 1 N–H and O–H groups in total. The molecule has 0 fully saturated rings. The van der Waals surface area contributed by atoms with Crippen molar-refractivity contribution in [2.75, 3.05) is 6.54 Å². The van der Waals surface area contributed by atoms with E-state index in [1.54, 1.807) is 6.20 Å². The van der Waals surface area contributed by atoms with Crippen LogP contribution in [0.15, 0.2) is 22.9 Å². The summed E-state index contributed by atoms with van der Waals surface area (Å²) in [4.78, 5) is 0. The quantitative estimate of drug-likeness (QED) is 0.754. The van der Waals surface area contributed by atoms with Crippen molar-refractivity contribution in [3.63, 3.8) is 0 Å². The lowest BCUT2D eigenvalue weighted by molar-refractivity contribution is 0.264. The van der Waals surface area contributed by atoms with Gasteiger partial charge in [-0.25, -0.2) is 0 Å². The van der Waals surface area contributed by atoms with E-state index >= 15 is 0 Å². The second kappa shape index (κ2) is 7.14. The lowest BCUT2D eigenvalue weighted by Gasteiger charge is -2.02. The lowest BCUT2D eigenvalue weighted by Crippen LogP contribution is -2.13. The topological polar surface area (TPSA) is 52.2 Å². The van der Waals surface area contributed by atoms with Crippen LogP contribution in [0, 0.1) is 6.92 Å². The van der Waals surface area contributed by atoms with Crippen molar-refractivity contribution in [2.24, 2.45) is 0 Å². The van der Waals surface area contributed by atoms with Crippen molar-refractivity contribution in [2.45, 2.75) is 46.9 Å². The molecule has 0 radical (unpaired) electrons. The number of nitrogens with zero attached hydrogens (tertiary/aromatic N) is 2. The Kier molecular flexibility index (Phi) is 5.24. The molecule has 0 amide bonds. The summed E-state index contributed by atoms with van der Waals surface area (Å²) in [6, 6.07) is 2.03. The first-order valence-corrected chi connectivity index (χ1v) is 7.17. The zero-order valence-corrected chi connectivity index (χ0v) is 12.5. The highest BCUT2D eigenvalue weighted by Crippen LogP contribution is 2.17. The standard InChI is InChI=1S/C15H23N3O2/c1-4-6-16-9-15-12(3)7-13(20-15)11-19-14-8-17-18(5-2)10-14/h7-8,10,16H,4-6,9,11H2,1-3H3. The average molecular weight is 277 g/mol. The number of hydrogen-bond donors (Lipinski definition) is 1. The summed E-state index contributed by atoms with van der Waals surface area (Å²) in [6.45, 7) is 9.31. The Balaban J connectivity index is 1.88. The van der Waals surface area contributed by atoms with Crippen molar-refractivity contribution < 1.29 is 9.15 Å². The molecule has 0 aliphatic heterocycles. The Labute approximate surface area is 119 Å². The van der Waals surface area contributed by atoms with Gasteiger partial charge in [0.25, 0.3) is 0 Å². The highest BCUT2D eigenvalue weighted by molar-refractivity contribution is 5.20. The molecule has 5 nitrogen and oxygen atoms in total. The third kappa shape index (κ3) is 3.87. The molecule has 0 spiro atoms. The molecule has 2 rings (SSSR count). The maximum Gasteiger partial charge on any atom is 0.157 e. The summed E-state index contributed by atoms with van der Waals surface area (Å²) >= 11 is 0. The molecule has 20 heavy (non-hydrogen) atoms. The molecule has 0 saturated heterocycles. The molecule has 110 valence electrons. The smallest absolute Gasteiger partial charge is 0.157 e. The first-order valence-electron chi connectivity index (χ1n) is 7.17. The Morgan fingerprint density at radius 3 is 2.95 bits per heavy atom. The lowest BCUT2D eigenvalue weighted by atomic mass is 10.2. The van der Waals surface area contributed by atoms with Gasteiger partial charge in [0.15, 0.2) is 5.75 Å². The summed E-state index contributed by atoms with van der Waals surface area (Å²) in [6.07, 6.45) is 4.74. The van der Waals surface area contributed by atoms with E-state index in [-0.39, 0.29) is 0 Å². The van der Waals surface area contributed by atoms with Gasteiger partial charge in [0.1, 0.15) is 18.1 Å². The second-order valence-corrected chi connectivity index (χ2v) is 4.82. The first-order chi connectivity index (χ1) is 9.72. The number of aryl methyl sites for hydroxylation is 2. The number of nitrogens with one attached hydrogen (secondary N) is 1. The van der Waals surface area contributed by atoms with Gasteiger partial charge in [-0.15, -0.1) is 0 Å². The predicted molar refractivity (Wildman–Crippen MR) is 77.7 cm³/mol. The molecular weight excluding hydrogens is 254 g/mol. The number of aromatic nitrogens is 2. The number of ether oxygens (including phenoxy) is 1. The fourth-order valence-electron chi connectivity index (χ4n) is 1.96. The van der Waals surface area contributed by atoms with E-state index < -0.39 is 0 Å². The SMILES string of the molecule is CCCNCc1oc(COc2cnn(CC)c2)cc1C. The number of hydrogen-bond acceptors (Lipinski definition) is 4. The summed E-state index contributed by atoms with van der Waals surface area (Å²) < 4.78 is 13.3. The predicted octanol–water partition coefficient (Wildman–Crippen LogP) is 2.88. The van der Waals surface area contributed by atoms with Crippen molar-refractivity contribution in [3.05, 3.63) is 35.5 Å². The number of rotatable bonds is 8. The Morgan fingerprint density at radius 1 is 1.40 bits per heavy atom. The molecule has 0 aromatic carbocycles. The van der Waals surface area contributed by atoms with E-state index in [0.29, 0.717) is 6.61 Å². The van der Waals surface area contributed by atoms with E-state index in [9.17, 15) is 0 Å². The van der Waals surface area contributed by atoms with Gasteiger partial charge in [-0.2, -0.15) is 5.10 Å². The van der Waals surface area contributed by atoms with E-state index in [2.05, 4.69) is 24.3 Å². The van der Waals surface area contributed by atoms with Gasteiger partial charge in [-0.05, 0) is 38.4 Å². The van der Waals surface area contributed by atoms with E-state index in [1.165, 1.54) is 0 Å². The van der Waals surface area contributed by atoms with E-state index in [0.717, 1.165) is 48.9 Å². The Morgan fingerprint density at radius 2 is 2.25 bits per heavy atom. The normalized spacial score (nSPS) is 10.9. The third-order valence-corrected chi connectivity index (χ3v) is 3.10. The minimum absolute atomic E-state index is 0.435. The van der Waals surface area contributed by atoms with Crippen molar-refractivity contribution in [3.8, 4) is 5.75 Å². The van der Waals surface area contributed by atoms with Crippen LogP contribution in [0.4, 0.5) is 0 Å². The van der Waals surface area contributed by atoms with E-state index in [4.69, 9.17) is 9.15 Å². The minimum Gasteiger partial charge on any atom is -0.482 e. The molecule has 0 bridgehead atoms. The van der Waals surface area contributed by atoms with Crippen LogP contribution in [0.2, 0.25) is 0 Å². The van der Waals surface area contributed by atoms with Crippen LogP contribution in [0.1, 0.15) is 37.4 Å². The fourth-order valence-corrected chi connectivity index (χ4v) is 1.96. The molecule has 0 unspecified atom stereocenters. The van der Waals surface area contributed by atoms with Gasteiger partial charge in [0, 0.05) is 6.54 Å². The van der Waals surface area contributed by atoms with Gasteiger partial charge in [-0.1, -0.05) is 6.92 Å². The second-order valence-electron chi connectivity index (χ2n) is 4.82.